The Morgan fingerprint density at radius 1 is 0.786 bits per heavy atom. The van der Waals surface area contributed by atoms with Crippen LogP contribution in [0.15, 0.2) is 0 Å². The van der Waals surface area contributed by atoms with Crippen molar-refractivity contribution in [1.82, 2.24) is 4.90 Å². The fourth-order valence-electron chi connectivity index (χ4n) is 0. The Labute approximate surface area is 95.7 Å². The minimum absolute atomic E-state index is 0. The highest BCUT2D eigenvalue weighted by Gasteiger charge is 1.58. The smallest absolute Gasteiger partial charge is 0.0351 e. The zero-order valence-corrected chi connectivity index (χ0v) is 8.56. The summed E-state index contributed by atoms with van der Waals surface area (Å²) < 4.78 is 4.25. The average Bonchev–Trinajstić information content (AvgIpc) is 1.65. The molecule has 0 aliphatic rings. The van der Waals surface area contributed by atoms with Gasteiger partial charge in [-0.15, -0.1) is 0 Å². The molecule has 0 aromatic heterocycles. The van der Waals surface area contributed by atoms with Crippen LogP contribution < -0.4 is 0 Å². The van der Waals surface area contributed by atoms with Crippen LogP contribution >= 0.6 is 0 Å². The summed E-state index contributed by atoms with van der Waals surface area (Å²) in [4.78, 5) is 2.00. The van der Waals surface area contributed by atoms with Crippen LogP contribution in [0, 0.1) is 0 Å². The molecule has 0 spiro atoms. The molecule has 0 aliphatic heterocycles. The van der Waals surface area contributed by atoms with Crippen LogP contribution in [0.4, 0.5) is 0 Å². The number of ether oxygens (including phenoxy) is 1. The summed E-state index contributed by atoms with van der Waals surface area (Å²) in [6.07, 6.45) is 1.25. The molecule has 0 N–H and O–H groups in total. The Balaban J connectivity index is -0.00000000929. The van der Waals surface area contributed by atoms with Crippen molar-refractivity contribution in [3.63, 3.8) is 0 Å². The molecule has 0 unspecified atom stereocenters. The standard InChI is InChI=1S/C3H9N.C3H8.C2H6O.4CH4/c1-4(2)3;2*1-3-2;;;;/h1-3H3;3H2,1-2H3;1-2H3;4*1H4. The maximum absolute atomic E-state index is 4.25. The van der Waals surface area contributed by atoms with Crippen molar-refractivity contribution in [2.75, 3.05) is 35.4 Å². The predicted molar refractivity (Wildman–Crippen MR) is 75.4 cm³/mol. The van der Waals surface area contributed by atoms with Crippen molar-refractivity contribution in [1.29, 1.82) is 0 Å². The number of nitrogens with zero attached hydrogens (tertiary/aromatic N) is 1. The topological polar surface area (TPSA) is 12.5 Å². The highest BCUT2D eigenvalue weighted by Crippen LogP contribution is 1.56. The minimum Gasteiger partial charge on any atom is -0.388 e. The van der Waals surface area contributed by atoms with Crippen molar-refractivity contribution in [2.24, 2.45) is 0 Å². The zero-order chi connectivity index (χ0) is 8.99. The first-order chi connectivity index (χ1) is 4.56. The molecule has 0 saturated heterocycles. The molecule has 0 fully saturated rings. The molecule has 0 rings (SSSR count). The van der Waals surface area contributed by atoms with Gasteiger partial charge in [-0.1, -0.05) is 50.0 Å². The van der Waals surface area contributed by atoms with Crippen LogP contribution in [-0.4, -0.2) is 40.3 Å². The van der Waals surface area contributed by atoms with Crippen LogP contribution in [0.25, 0.3) is 0 Å². The summed E-state index contributed by atoms with van der Waals surface area (Å²) in [5.74, 6) is 0. The molecule has 98 valence electrons. The number of hydrogen-bond donors (Lipinski definition) is 0. The van der Waals surface area contributed by atoms with Gasteiger partial charge in [0.05, 0.1) is 0 Å². The minimum atomic E-state index is 0. The third kappa shape index (κ3) is 222000. The van der Waals surface area contributed by atoms with Crippen LogP contribution in [0.2, 0.25) is 0 Å². The Morgan fingerprint density at radius 2 is 0.786 bits per heavy atom. The molecule has 2 nitrogen and oxygen atoms in total. The Kier molecular flexibility index (Phi) is 263. The van der Waals surface area contributed by atoms with E-state index in [1.165, 1.54) is 6.42 Å². The largest absolute Gasteiger partial charge is 0.388 e. The first kappa shape index (κ1) is 48.5. The summed E-state index contributed by atoms with van der Waals surface area (Å²) in [5, 5.41) is 0. The Morgan fingerprint density at radius 3 is 0.786 bits per heavy atom. The molecule has 2 heteroatoms. The van der Waals surface area contributed by atoms with E-state index in [0.29, 0.717) is 0 Å². The molecular weight excluding hydrogens is 174 g/mol. The molecular formula is C12H39NO. The first-order valence-electron chi connectivity index (χ1n) is 3.57. The van der Waals surface area contributed by atoms with Crippen molar-refractivity contribution < 1.29 is 4.74 Å². The molecule has 0 heterocycles. The normalized spacial score (nSPS) is 5.14. The quantitative estimate of drug-likeness (QED) is 0.591. The second-order valence-electron chi connectivity index (χ2n) is 2.46. The molecule has 0 aromatic carbocycles. The van der Waals surface area contributed by atoms with Gasteiger partial charge >= 0.3 is 0 Å². The van der Waals surface area contributed by atoms with Gasteiger partial charge < -0.3 is 9.64 Å². The van der Waals surface area contributed by atoms with Crippen LogP contribution in [0.3, 0.4) is 0 Å². The van der Waals surface area contributed by atoms with Gasteiger partial charge in [0, 0.05) is 14.2 Å². The SMILES string of the molecule is C.C.C.C.CCC.CN(C)C.COC. The van der Waals surface area contributed by atoms with Crippen molar-refractivity contribution in [3.8, 4) is 0 Å². The molecule has 0 aliphatic carbocycles. The molecule has 0 bridgehead atoms. The van der Waals surface area contributed by atoms with Crippen LogP contribution in [0.5, 0.6) is 0 Å². The van der Waals surface area contributed by atoms with Gasteiger partial charge in [0.15, 0.2) is 0 Å². The lowest BCUT2D eigenvalue weighted by Gasteiger charge is -1.90. The highest BCUT2D eigenvalue weighted by molar-refractivity contribution is 4.09. The fourth-order valence-corrected chi connectivity index (χ4v) is 0. The van der Waals surface area contributed by atoms with Gasteiger partial charge in [0.2, 0.25) is 0 Å². The second-order valence-corrected chi connectivity index (χ2v) is 2.46. The number of rotatable bonds is 0. The molecule has 0 saturated carbocycles. The van der Waals surface area contributed by atoms with Gasteiger partial charge in [0.1, 0.15) is 0 Å². The van der Waals surface area contributed by atoms with E-state index in [-0.39, 0.29) is 29.7 Å². The van der Waals surface area contributed by atoms with Crippen LogP contribution in [-0.2, 0) is 4.74 Å². The summed E-state index contributed by atoms with van der Waals surface area (Å²) in [6.45, 7) is 4.25. The van der Waals surface area contributed by atoms with E-state index in [2.05, 4.69) is 18.6 Å². The zero-order valence-electron chi connectivity index (χ0n) is 8.56. The maximum atomic E-state index is 4.25. The summed E-state index contributed by atoms with van der Waals surface area (Å²) in [7, 11) is 9.25. The summed E-state index contributed by atoms with van der Waals surface area (Å²) in [5.41, 5.74) is 0. The summed E-state index contributed by atoms with van der Waals surface area (Å²) in [6, 6.07) is 0. The maximum Gasteiger partial charge on any atom is 0.0351 e. The van der Waals surface area contributed by atoms with E-state index in [0.717, 1.165) is 0 Å². The van der Waals surface area contributed by atoms with Gasteiger partial charge in [-0.3, -0.25) is 0 Å². The summed E-state index contributed by atoms with van der Waals surface area (Å²) >= 11 is 0. The molecule has 0 aromatic rings. The molecule has 0 atom stereocenters. The van der Waals surface area contributed by atoms with Crippen molar-refractivity contribution >= 4 is 0 Å². The monoisotopic (exact) mass is 213 g/mol. The first-order valence-corrected chi connectivity index (χ1v) is 3.57. The van der Waals surface area contributed by atoms with E-state index in [1.807, 2.05) is 26.0 Å². The van der Waals surface area contributed by atoms with Crippen molar-refractivity contribution in [2.45, 2.75) is 50.0 Å². The van der Waals surface area contributed by atoms with E-state index in [4.69, 9.17) is 0 Å². The van der Waals surface area contributed by atoms with Gasteiger partial charge in [-0.05, 0) is 21.1 Å². The van der Waals surface area contributed by atoms with Gasteiger partial charge in [0.25, 0.3) is 0 Å². The third-order valence-corrected chi connectivity index (χ3v) is 0. The lowest BCUT2D eigenvalue weighted by atomic mass is 10.6. The van der Waals surface area contributed by atoms with E-state index >= 15 is 0 Å². The van der Waals surface area contributed by atoms with E-state index in [1.54, 1.807) is 14.2 Å². The van der Waals surface area contributed by atoms with Gasteiger partial charge in [-0.25, -0.2) is 0 Å². The molecule has 0 amide bonds. The molecule has 14 heavy (non-hydrogen) atoms. The highest BCUT2D eigenvalue weighted by atomic mass is 16.4. The third-order valence-electron chi connectivity index (χ3n) is 0. The number of methoxy groups -OCH3 is 1. The predicted octanol–water partition coefficient (Wildman–Crippen LogP) is 4.40. The second kappa shape index (κ2) is 75.8. The van der Waals surface area contributed by atoms with Gasteiger partial charge in [-0.2, -0.15) is 0 Å². The molecule has 0 radical (unpaired) electrons. The average molecular weight is 213 g/mol. The van der Waals surface area contributed by atoms with Crippen LogP contribution in [0.1, 0.15) is 50.0 Å². The fraction of sp³-hybridized carbons (Fsp3) is 1.00. The Hall–Kier alpha value is -0.0800. The lowest BCUT2D eigenvalue weighted by Crippen LogP contribution is -1.99. The van der Waals surface area contributed by atoms with E-state index < -0.39 is 0 Å². The van der Waals surface area contributed by atoms with Crippen molar-refractivity contribution in [3.05, 3.63) is 0 Å². The lowest BCUT2D eigenvalue weighted by molar-refractivity contribution is 0.277. The number of hydrogen-bond acceptors (Lipinski definition) is 2. The van der Waals surface area contributed by atoms with E-state index in [9.17, 15) is 0 Å². The Bertz CT molecular complexity index is 26.7.